The first-order chi connectivity index (χ1) is 14.6. The summed E-state index contributed by atoms with van der Waals surface area (Å²) in [4.78, 5) is 16.1. The lowest BCUT2D eigenvalue weighted by Gasteiger charge is -2.36. The predicted molar refractivity (Wildman–Crippen MR) is 105 cm³/mol. The van der Waals surface area contributed by atoms with E-state index >= 15 is 0 Å². The van der Waals surface area contributed by atoms with E-state index in [1.54, 1.807) is 30.5 Å². The second-order valence-corrected chi connectivity index (χ2v) is 6.75. The number of carbonyl (C=O) groups is 1. The molecule has 1 spiro atoms. The van der Waals surface area contributed by atoms with Crippen LogP contribution in [0, 0.1) is 0 Å². The van der Waals surface area contributed by atoms with E-state index in [2.05, 4.69) is 9.40 Å². The summed E-state index contributed by atoms with van der Waals surface area (Å²) in [6, 6.07) is 16.6. The van der Waals surface area contributed by atoms with Crippen molar-refractivity contribution in [3.8, 4) is 23.0 Å². The molecule has 2 aliphatic heterocycles. The topological polar surface area (TPSA) is 102 Å². The van der Waals surface area contributed by atoms with Crippen LogP contribution in [0.15, 0.2) is 83.9 Å². The first-order valence-electron chi connectivity index (χ1n) is 9.09. The number of fused-ring (bicyclic) bond motifs is 6. The molecule has 0 amide bonds. The molecule has 0 saturated heterocycles. The highest BCUT2D eigenvalue weighted by molar-refractivity contribution is 5.97. The van der Waals surface area contributed by atoms with Gasteiger partial charge in [-0.3, -0.25) is 0 Å². The minimum atomic E-state index is -1.17. The zero-order chi connectivity index (χ0) is 20.7. The Labute approximate surface area is 170 Å². The number of carbonyl (C=O) groups excluding carboxylic acids is 1. The van der Waals surface area contributed by atoms with Crippen LogP contribution in [-0.4, -0.2) is 21.2 Å². The molecule has 0 fully saturated rings. The molecule has 0 aliphatic carbocycles. The Morgan fingerprint density at radius 3 is 2.07 bits per heavy atom. The molecule has 0 atom stereocenters. The van der Waals surface area contributed by atoms with Crippen molar-refractivity contribution in [2.45, 2.75) is 5.60 Å². The van der Waals surface area contributed by atoms with Crippen LogP contribution in [0.1, 0.15) is 27.0 Å². The van der Waals surface area contributed by atoms with Crippen molar-refractivity contribution in [2.24, 2.45) is 0 Å². The number of ether oxygens (including phenoxy) is 2. The van der Waals surface area contributed by atoms with Crippen LogP contribution in [0.2, 0.25) is 0 Å². The Bertz CT molecular complexity index is 1180. The van der Waals surface area contributed by atoms with E-state index in [9.17, 15) is 15.0 Å². The Morgan fingerprint density at radius 1 is 0.833 bits per heavy atom. The van der Waals surface area contributed by atoms with E-state index in [0.717, 1.165) is 0 Å². The van der Waals surface area contributed by atoms with Crippen LogP contribution in [0.4, 0.5) is 0 Å². The number of oxazole rings is 1. The molecule has 0 unspecified atom stereocenters. The second-order valence-electron chi connectivity index (χ2n) is 6.75. The van der Waals surface area contributed by atoms with Crippen LogP contribution >= 0.6 is 0 Å². The quantitative estimate of drug-likeness (QED) is 0.423. The molecule has 4 aromatic rings. The maximum Gasteiger partial charge on any atom is 0.340 e. The summed E-state index contributed by atoms with van der Waals surface area (Å²) >= 11 is 0. The average molecular weight is 401 g/mol. The van der Waals surface area contributed by atoms with E-state index in [0.29, 0.717) is 33.8 Å². The van der Waals surface area contributed by atoms with Gasteiger partial charge >= 0.3 is 5.97 Å². The Kier molecular flexibility index (Phi) is 3.96. The molecule has 0 saturated carbocycles. The monoisotopic (exact) mass is 401 g/mol. The second kappa shape index (κ2) is 6.66. The first-order valence-corrected chi connectivity index (χ1v) is 9.09. The van der Waals surface area contributed by atoms with E-state index in [-0.39, 0.29) is 11.5 Å². The smallest absolute Gasteiger partial charge is 0.340 e. The molecule has 2 aliphatic rings. The maximum atomic E-state index is 12.5. The Hall–Kier alpha value is -4.26. The van der Waals surface area contributed by atoms with Crippen molar-refractivity contribution in [2.75, 3.05) is 0 Å². The number of hydrogen-bond donors (Lipinski definition) is 2. The van der Waals surface area contributed by atoms with Gasteiger partial charge in [0.25, 0.3) is 0 Å². The molecule has 148 valence electrons. The Balaban J connectivity index is 0.000000340. The van der Waals surface area contributed by atoms with Crippen LogP contribution in [0.5, 0.6) is 23.0 Å². The number of phenolic OH excluding ortho intramolecular Hbond substituents is 2. The third kappa shape index (κ3) is 2.60. The Morgan fingerprint density at radius 2 is 1.50 bits per heavy atom. The fourth-order valence-electron chi connectivity index (χ4n) is 3.83. The minimum absolute atomic E-state index is 0.0371. The average Bonchev–Trinajstić information content (AvgIpc) is 3.40. The van der Waals surface area contributed by atoms with Gasteiger partial charge in [0.05, 0.1) is 11.8 Å². The SMILES string of the molecule is O=C1OC2(c3ccc(O)cc3Oc3cc(O)ccc32)c2ccccc21.c1cocn1. The lowest BCUT2D eigenvalue weighted by molar-refractivity contribution is 0.0224. The van der Waals surface area contributed by atoms with Gasteiger partial charge in [0, 0.05) is 28.8 Å². The van der Waals surface area contributed by atoms with Crippen molar-refractivity contribution in [3.05, 3.63) is 102 Å². The van der Waals surface area contributed by atoms with Gasteiger partial charge in [0.1, 0.15) is 29.3 Å². The van der Waals surface area contributed by atoms with Crippen LogP contribution in [0.3, 0.4) is 0 Å². The van der Waals surface area contributed by atoms with Crippen molar-refractivity contribution in [1.82, 2.24) is 4.98 Å². The van der Waals surface area contributed by atoms with Gasteiger partial charge in [-0.15, -0.1) is 0 Å². The lowest BCUT2D eigenvalue weighted by Crippen LogP contribution is -2.32. The van der Waals surface area contributed by atoms with Crippen molar-refractivity contribution >= 4 is 5.97 Å². The molecular formula is C23H15NO6. The molecule has 2 N–H and O–H groups in total. The van der Waals surface area contributed by atoms with E-state index in [1.165, 1.54) is 36.9 Å². The van der Waals surface area contributed by atoms with Crippen molar-refractivity contribution in [3.63, 3.8) is 0 Å². The van der Waals surface area contributed by atoms with Crippen molar-refractivity contribution in [1.29, 1.82) is 0 Å². The number of aromatic hydroxyl groups is 2. The van der Waals surface area contributed by atoms with Gasteiger partial charge in [-0.1, -0.05) is 18.2 Å². The predicted octanol–water partition coefficient (Wildman–Crippen LogP) is 4.34. The molecule has 7 nitrogen and oxygen atoms in total. The molecule has 0 bridgehead atoms. The highest BCUT2D eigenvalue weighted by Gasteiger charge is 2.53. The minimum Gasteiger partial charge on any atom is -0.508 e. The van der Waals surface area contributed by atoms with Gasteiger partial charge in [0.2, 0.25) is 0 Å². The molecule has 7 heteroatoms. The summed E-state index contributed by atoms with van der Waals surface area (Å²) in [6.45, 7) is 0. The van der Waals surface area contributed by atoms with Gasteiger partial charge in [0.15, 0.2) is 12.0 Å². The molecule has 3 aromatic carbocycles. The summed E-state index contributed by atoms with van der Waals surface area (Å²) in [5, 5.41) is 19.7. The van der Waals surface area contributed by atoms with Crippen LogP contribution in [0.25, 0.3) is 0 Å². The van der Waals surface area contributed by atoms with E-state index < -0.39 is 11.6 Å². The maximum absolute atomic E-state index is 12.5. The van der Waals surface area contributed by atoms with Gasteiger partial charge in [-0.25, -0.2) is 9.78 Å². The van der Waals surface area contributed by atoms with Crippen molar-refractivity contribution < 1.29 is 28.9 Å². The van der Waals surface area contributed by atoms with Gasteiger partial charge < -0.3 is 24.1 Å². The van der Waals surface area contributed by atoms with Gasteiger partial charge in [-0.05, 0) is 30.3 Å². The fraction of sp³-hybridized carbons (Fsp3) is 0.0435. The number of hydrogen-bond acceptors (Lipinski definition) is 7. The third-order valence-electron chi connectivity index (χ3n) is 5.03. The highest BCUT2D eigenvalue weighted by atomic mass is 16.6. The molecule has 30 heavy (non-hydrogen) atoms. The molecular weight excluding hydrogens is 386 g/mol. The molecule has 6 rings (SSSR count). The number of aromatic nitrogens is 1. The van der Waals surface area contributed by atoms with Crippen LogP contribution in [-0.2, 0) is 10.3 Å². The van der Waals surface area contributed by atoms with Gasteiger partial charge in [-0.2, -0.15) is 0 Å². The zero-order valence-electron chi connectivity index (χ0n) is 15.5. The molecule has 3 heterocycles. The first kappa shape index (κ1) is 17.8. The van der Waals surface area contributed by atoms with E-state index in [4.69, 9.17) is 9.47 Å². The zero-order valence-corrected chi connectivity index (χ0v) is 15.5. The van der Waals surface area contributed by atoms with Crippen LogP contribution < -0.4 is 4.74 Å². The largest absolute Gasteiger partial charge is 0.508 e. The fourth-order valence-corrected chi connectivity index (χ4v) is 3.83. The summed E-state index contributed by atoms with van der Waals surface area (Å²) in [5.41, 5.74) is 1.28. The number of phenols is 2. The summed E-state index contributed by atoms with van der Waals surface area (Å²) in [6.07, 6.45) is 4.47. The lowest BCUT2D eigenvalue weighted by atomic mass is 9.77. The highest BCUT2D eigenvalue weighted by Crippen LogP contribution is 2.56. The van der Waals surface area contributed by atoms with E-state index in [1.807, 2.05) is 12.1 Å². The summed E-state index contributed by atoms with van der Waals surface area (Å²) < 4.78 is 16.2. The standard InChI is InChI=1S/C20H12O5.C3H3NO/c21-11-5-7-15-17(9-11)24-18-10-12(22)6-8-16(18)20(15)14-4-2-1-3-13(14)19(23)25-20;1-2-5-3-4-1/h1-10,21-22H;1-3H. The number of nitrogens with zero attached hydrogens (tertiary/aromatic N) is 1. The molecule has 1 aromatic heterocycles. The summed E-state index contributed by atoms with van der Waals surface area (Å²) in [5.74, 6) is 0.408. The third-order valence-corrected chi connectivity index (χ3v) is 5.03. The number of esters is 1. The molecule has 0 radical (unpaired) electrons. The normalized spacial score (nSPS) is 14.5. The number of benzene rings is 3. The number of rotatable bonds is 0. The summed E-state index contributed by atoms with van der Waals surface area (Å²) in [7, 11) is 0.